The molecule has 1 aliphatic heterocycles. The molecule has 4 rings (SSSR count). The predicted octanol–water partition coefficient (Wildman–Crippen LogP) is 3.03. The molecule has 2 aromatic heterocycles. The van der Waals surface area contributed by atoms with Gasteiger partial charge in [-0.3, -0.25) is 19.3 Å². The number of ether oxygens (including phenoxy) is 1. The van der Waals surface area contributed by atoms with E-state index in [0.29, 0.717) is 24.6 Å². The van der Waals surface area contributed by atoms with Crippen molar-refractivity contribution in [1.82, 2.24) is 9.69 Å². The Balaban J connectivity index is 1.82. The fourth-order valence-corrected chi connectivity index (χ4v) is 5.01. The highest BCUT2D eigenvalue weighted by molar-refractivity contribution is 7.09. The minimum Gasteiger partial charge on any atom is -0.464 e. The molecule has 0 spiro atoms. The van der Waals surface area contributed by atoms with Crippen LogP contribution < -0.4 is 21.7 Å². The molecule has 3 heterocycles. The number of anilines is 2. The number of nitrogen functional groups attached to an aromatic ring is 1. The Hall–Kier alpha value is -3.70. The Labute approximate surface area is 212 Å². The molecule has 10 nitrogen and oxygen atoms in total. The van der Waals surface area contributed by atoms with Crippen LogP contribution >= 0.6 is 11.5 Å². The van der Waals surface area contributed by atoms with Gasteiger partial charge in [0, 0.05) is 18.8 Å². The second-order valence-electron chi connectivity index (χ2n) is 8.83. The lowest BCUT2D eigenvalue weighted by Gasteiger charge is -2.31. The SMILES string of the molecule is Cc1ccc(N(C(=O)c2snc(C(N)=O)c2N)[C@H](C(=O)NC[C@H]2CCCO2)c2ccc(C)o2)c(C)c1. The van der Waals surface area contributed by atoms with Crippen molar-refractivity contribution < 1.29 is 23.5 Å². The van der Waals surface area contributed by atoms with Crippen LogP contribution in [0.25, 0.3) is 0 Å². The third-order valence-electron chi connectivity index (χ3n) is 6.05. The number of hydrogen-bond acceptors (Lipinski definition) is 8. The van der Waals surface area contributed by atoms with Crippen molar-refractivity contribution in [2.24, 2.45) is 5.73 Å². The first-order valence-electron chi connectivity index (χ1n) is 11.6. The van der Waals surface area contributed by atoms with Gasteiger partial charge in [-0.25, -0.2) is 0 Å². The lowest BCUT2D eigenvalue weighted by Crippen LogP contribution is -2.45. The highest BCUT2D eigenvalue weighted by Gasteiger charge is 2.38. The topological polar surface area (TPSA) is 154 Å². The first kappa shape index (κ1) is 25.4. The van der Waals surface area contributed by atoms with Gasteiger partial charge in [0.1, 0.15) is 16.4 Å². The summed E-state index contributed by atoms with van der Waals surface area (Å²) in [6.45, 7) is 6.50. The minimum absolute atomic E-state index is 0.00368. The lowest BCUT2D eigenvalue weighted by molar-refractivity contribution is -0.123. The quantitative estimate of drug-likeness (QED) is 0.420. The summed E-state index contributed by atoms with van der Waals surface area (Å²) in [5.41, 5.74) is 13.4. The van der Waals surface area contributed by atoms with Gasteiger partial charge in [-0.2, -0.15) is 4.37 Å². The molecule has 1 aromatic carbocycles. The van der Waals surface area contributed by atoms with Crippen LogP contribution in [0.3, 0.4) is 0 Å². The van der Waals surface area contributed by atoms with E-state index in [1.165, 1.54) is 4.90 Å². The number of carbonyl (C=O) groups excluding carboxylic acids is 3. The maximum atomic E-state index is 14.0. The average molecular weight is 512 g/mol. The Kier molecular flexibility index (Phi) is 7.41. The zero-order valence-corrected chi connectivity index (χ0v) is 21.2. The number of primary amides is 1. The van der Waals surface area contributed by atoms with Gasteiger partial charge in [0.2, 0.25) is 0 Å². The molecule has 0 bridgehead atoms. The standard InChI is InChI=1S/C25H29N5O5S/c1-13-6-8-17(14(2)11-13)30(25(33)22-19(26)20(23(27)31)29-36-22)21(18-9-7-15(3)35-18)24(32)28-12-16-5-4-10-34-16/h6-9,11,16,21H,4-5,10,12,26H2,1-3H3,(H2,27,31)(H,28,32)/t16-,21+/m1/s1. The van der Waals surface area contributed by atoms with Gasteiger partial charge < -0.3 is 25.9 Å². The van der Waals surface area contributed by atoms with E-state index in [2.05, 4.69) is 9.69 Å². The zero-order valence-electron chi connectivity index (χ0n) is 20.4. The Bertz CT molecular complexity index is 1290. The van der Waals surface area contributed by atoms with E-state index in [9.17, 15) is 14.4 Å². The average Bonchev–Trinajstić information content (AvgIpc) is 3.57. The molecular formula is C25H29N5O5S. The van der Waals surface area contributed by atoms with Crippen molar-refractivity contribution in [3.63, 3.8) is 0 Å². The van der Waals surface area contributed by atoms with Crippen LogP contribution in [0.15, 0.2) is 34.7 Å². The van der Waals surface area contributed by atoms with E-state index in [-0.39, 0.29) is 28.1 Å². The first-order valence-corrected chi connectivity index (χ1v) is 12.4. The molecule has 3 aromatic rings. The van der Waals surface area contributed by atoms with Gasteiger partial charge >= 0.3 is 0 Å². The highest BCUT2D eigenvalue weighted by Crippen LogP contribution is 2.35. The normalized spacial score (nSPS) is 16.0. The van der Waals surface area contributed by atoms with Crippen LogP contribution in [0.2, 0.25) is 0 Å². The summed E-state index contributed by atoms with van der Waals surface area (Å²) in [7, 11) is 0. The van der Waals surface area contributed by atoms with Crippen molar-refractivity contribution in [1.29, 1.82) is 0 Å². The number of nitrogens with one attached hydrogen (secondary N) is 1. The summed E-state index contributed by atoms with van der Waals surface area (Å²) in [6.07, 6.45) is 1.69. The summed E-state index contributed by atoms with van der Waals surface area (Å²) in [5.74, 6) is -1.01. The van der Waals surface area contributed by atoms with E-state index < -0.39 is 23.8 Å². The van der Waals surface area contributed by atoms with E-state index in [4.69, 9.17) is 20.6 Å². The Morgan fingerprint density at radius 2 is 2.00 bits per heavy atom. The molecule has 1 saturated heterocycles. The molecule has 0 unspecified atom stereocenters. The summed E-state index contributed by atoms with van der Waals surface area (Å²) in [5, 5.41) is 2.92. The Morgan fingerprint density at radius 1 is 1.22 bits per heavy atom. The lowest BCUT2D eigenvalue weighted by atomic mass is 10.0. The van der Waals surface area contributed by atoms with Crippen molar-refractivity contribution in [2.75, 3.05) is 23.8 Å². The second kappa shape index (κ2) is 10.5. The molecule has 0 aliphatic carbocycles. The molecule has 0 saturated carbocycles. The van der Waals surface area contributed by atoms with Crippen LogP contribution in [-0.2, 0) is 9.53 Å². The highest BCUT2D eigenvalue weighted by atomic mass is 32.1. The maximum Gasteiger partial charge on any atom is 0.273 e. The van der Waals surface area contributed by atoms with Gasteiger partial charge in [0.15, 0.2) is 11.7 Å². The number of nitrogens with zero attached hydrogens (tertiary/aromatic N) is 2. The largest absolute Gasteiger partial charge is 0.464 e. The fraction of sp³-hybridized carbons (Fsp3) is 0.360. The van der Waals surface area contributed by atoms with Crippen molar-refractivity contribution >= 4 is 40.6 Å². The molecule has 1 fully saturated rings. The van der Waals surface area contributed by atoms with E-state index in [0.717, 1.165) is 35.5 Å². The van der Waals surface area contributed by atoms with Gasteiger partial charge in [0.25, 0.3) is 17.7 Å². The number of aromatic nitrogens is 1. The van der Waals surface area contributed by atoms with E-state index >= 15 is 0 Å². The molecule has 3 amide bonds. The number of benzene rings is 1. The van der Waals surface area contributed by atoms with Gasteiger partial charge in [-0.05, 0) is 68.9 Å². The maximum absolute atomic E-state index is 14.0. The zero-order chi connectivity index (χ0) is 26.0. The molecule has 1 aliphatic rings. The summed E-state index contributed by atoms with van der Waals surface area (Å²) in [6, 6.07) is 7.77. The Morgan fingerprint density at radius 3 is 2.58 bits per heavy atom. The molecule has 36 heavy (non-hydrogen) atoms. The number of amides is 3. The van der Waals surface area contributed by atoms with Crippen molar-refractivity contribution in [3.8, 4) is 0 Å². The van der Waals surface area contributed by atoms with E-state index in [1.807, 2.05) is 26.0 Å². The number of nitrogens with two attached hydrogens (primary N) is 2. The third-order valence-corrected chi connectivity index (χ3v) is 6.90. The van der Waals surface area contributed by atoms with Crippen LogP contribution in [0.4, 0.5) is 11.4 Å². The molecule has 2 atom stereocenters. The van der Waals surface area contributed by atoms with Crippen LogP contribution in [0, 0.1) is 20.8 Å². The number of furan rings is 1. The monoisotopic (exact) mass is 511 g/mol. The number of aryl methyl sites for hydroxylation is 3. The number of hydrogen-bond donors (Lipinski definition) is 3. The van der Waals surface area contributed by atoms with E-state index in [1.54, 1.807) is 25.1 Å². The van der Waals surface area contributed by atoms with Gasteiger partial charge in [-0.1, -0.05) is 17.7 Å². The predicted molar refractivity (Wildman–Crippen MR) is 136 cm³/mol. The summed E-state index contributed by atoms with van der Waals surface area (Å²) in [4.78, 5) is 40.8. The molecule has 5 N–H and O–H groups in total. The molecule has 11 heteroatoms. The van der Waals surface area contributed by atoms with Crippen LogP contribution in [-0.4, -0.2) is 41.4 Å². The summed E-state index contributed by atoms with van der Waals surface area (Å²) < 4.78 is 15.5. The van der Waals surface area contributed by atoms with Crippen molar-refractivity contribution in [2.45, 2.75) is 45.8 Å². The van der Waals surface area contributed by atoms with Gasteiger partial charge in [0.05, 0.1) is 11.8 Å². The molecule has 190 valence electrons. The number of rotatable bonds is 8. The number of carbonyl (C=O) groups is 3. The van der Waals surface area contributed by atoms with Crippen LogP contribution in [0.1, 0.15) is 61.7 Å². The third kappa shape index (κ3) is 5.12. The fourth-order valence-electron chi connectivity index (χ4n) is 4.27. The minimum atomic E-state index is -1.16. The summed E-state index contributed by atoms with van der Waals surface area (Å²) >= 11 is 0.759. The van der Waals surface area contributed by atoms with Gasteiger partial charge in [-0.15, -0.1) is 0 Å². The van der Waals surface area contributed by atoms with Crippen LogP contribution in [0.5, 0.6) is 0 Å². The smallest absolute Gasteiger partial charge is 0.273 e. The first-order chi connectivity index (χ1) is 17.2. The molecular weight excluding hydrogens is 482 g/mol. The second-order valence-corrected chi connectivity index (χ2v) is 9.61. The van der Waals surface area contributed by atoms with Crippen molar-refractivity contribution in [3.05, 3.63) is 63.6 Å². The molecule has 0 radical (unpaired) electrons.